The molecule has 16 heavy (non-hydrogen) atoms. The highest BCUT2D eigenvalue weighted by molar-refractivity contribution is 5.53. The van der Waals surface area contributed by atoms with Crippen LogP contribution in [0, 0.1) is 0 Å². The summed E-state index contributed by atoms with van der Waals surface area (Å²) >= 11 is 0. The van der Waals surface area contributed by atoms with Crippen molar-refractivity contribution in [3.05, 3.63) is 5.69 Å². The first kappa shape index (κ1) is 11.3. The lowest BCUT2D eigenvalue weighted by Crippen LogP contribution is -2.21. The quantitative estimate of drug-likeness (QED) is 0.855. The number of nitrogens with zero attached hydrogens (tertiary/aromatic N) is 2. The molecular weight excluding hydrogens is 202 g/mol. The zero-order valence-corrected chi connectivity index (χ0v) is 10.2. The third-order valence-corrected chi connectivity index (χ3v) is 3.27. The molecule has 1 saturated carbocycles. The van der Waals surface area contributed by atoms with Crippen LogP contribution in [0.25, 0.3) is 0 Å². The third-order valence-electron chi connectivity index (χ3n) is 3.27. The molecule has 0 unspecified atom stereocenters. The van der Waals surface area contributed by atoms with Gasteiger partial charge in [-0.15, -0.1) is 0 Å². The van der Waals surface area contributed by atoms with Crippen molar-refractivity contribution in [2.24, 2.45) is 7.05 Å². The van der Waals surface area contributed by atoms with Gasteiger partial charge in [-0.25, -0.2) is 4.68 Å². The molecule has 0 saturated heterocycles. The lowest BCUT2D eigenvalue weighted by atomic mass is 9.98. The highest BCUT2D eigenvalue weighted by Crippen LogP contribution is 2.29. The van der Waals surface area contributed by atoms with Crippen molar-refractivity contribution in [3.8, 4) is 5.88 Å². The Hall–Kier alpha value is -1.19. The minimum absolute atomic E-state index is 0.330. The minimum atomic E-state index is 0.330. The van der Waals surface area contributed by atoms with Crippen LogP contribution in [-0.4, -0.2) is 15.9 Å². The highest BCUT2D eigenvalue weighted by atomic mass is 16.5. The maximum absolute atomic E-state index is 6.02. The van der Waals surface area contributed by atoms with Crippen molar-refractivity contribution in [2.45, 2.75) is 51.6 Å². The predicted octanol–water partition coefficient (Wildman–Crippen LogP) is 2.28. The van der Waals surface area contributed by atoms with Crippen LogP contribution in [-0.2, 0) is 13.5 Å². The Labute approximate surface area is 96.8 Å². The number of anilines is 1. The first-order chi connectivity index (χ1) is 7.72. The van der Waals surface area contributed by atoms with E-state index in [9.17, 15) is 0 Å². The molecule has 4 nitrogen and oxygen atoms in total. The van der Waals surface area contributed by atoms with Crippen LogP contribution in [0.1, 0.15) is 44.7 Å². The summed E-state index contributed by atoms with van der Waals surface area (Å²) in [7, 11) is 1.90. The molecule has 2 rings (SSSR count). The van der Waals surface area contributed by atoms with Gasteiger partial charge in [-0.05, 0) is 32.1 Å². The smallest absolute Gasteiger partial charge is 0.236 e. The molecule has 0 aliphatic heterocycles. The summed E-state index contributed by atoms with van der Waals surface area (Å²) in [6.07, 6.45) is 7.34. The fraction of sp³-hybridized carbons (Fsp3) is 0.750. The van der Waals surface area contributed by atoms with Gasteiger partial charge in [-0.2, -0.15) is 5.10 Å². The van der Waals surface area contributed by atoms with Gasteiger partial charge in [-0.1, -0.05) is 13.3 Å². The van der Waals surface area contributed by atoms with Crippen LogP contribution < -0.4 is 10.5 Å². The second-order valence-electron chi connectivity index (χ2n) is 4.52. The molecule has 0 amide bonds. The molecule has 1 aliphatic rings. The summed E-state index contributed by atoms with van der Waals surface area (Å²) in [5.41, 5.74) is 7.68. The molecule has 0 bridgehead atoms. The van der Waals surface area contributed by atoms with Gasteiger partial charge >= 0.3 is 0 Å². The molecule has 1 aromatic heterocycles. The third kappa shape index (κ3) is 2.15. The molecule has 0 radical (unpaired) electrons. The lowest BCUT2D eigenvalue weighted by molar-refractivity contribution is 0.143. The van der Waals surface area contributed by atoms with Crippen LogP contribution in [0.2, 0.25) is 0 Å². The van der Waals surface area contributed by atoms with E-state index in [4.69, 9.17) is 10.5 Å². The van der Waals surface area contributed by atoms with E-state index in [2.05, 4.69) is 12.0 Å². The van der Waals surface area contributed by atoms with E-state index in [0.29, 0.717) is 6.10 Å². The van der Waals surface area contributed by atoms with Crippen molar-refractivity contribution in [3.63, 3.8) is 0 Å². The number of aromatic nitrogens is 2. The largest absolute Gasteiger partial charge is 0.473 e. The highest BCUT2D eigenvalue weighted by Gasteiger charge is 2.20. The number of hydrogen-bond donors (Lipinski definition) is 1. The van der Waals surface area contributed by atoms with Crippen molar-refractivity contribution in [1.29, 1.82) is 0 Å². The summed E-state index contributed by atoms with van der Waals surface area (Å²) < 4.78 is 7.74. The molecule has 0 atom stereocenters. The Bertz CT molecular complexity index is 353. The van der Waals surface area contributed by atoms with Gasteiger partial charge in [0.05, 0.1) is 5.69 Å². The van der Waals surface area contributed by atoms with Crippen LogP contribution in [0.3, 0.4) is 0 Å². The molecule has 2 N–H and O–H groups in total. The normalized spacial score (nSPS) is 17.6. The SMILES string of the molecule is CCc1nn(C)c(OC2CCCCC2)c1N. The summed E-state index contributed by atoms with van der Waals surface area (Å²) in [6, 6.07) is 0. The molecule has 0 spiro atoms. The first-order valence-electron chi connectivity index (χ1n) is 6.20. The molecular formula is C12H21N3O. The van der Waals surface area contributed by atoms with Gasteiger partial charge in [0.25, 0.3) is 0 Å². The summed E-state index contributed by atoms with van der Waals surface area (Å²) in [5.74, 6) is 0.753. The van der Waals surface area contributed by atoms with Gasteiger partial charge in [0.2, 0.25) is 5.88 Å². The van der Waals surface area contributed by atoms with Gasteiger partial charge in [0.1, 0.15) is 11.8 Å². The zero-order valence-electron chi connectivity index (χ0n) is 10.2. The van der Waals surface area contributed by atoms with E-state index in [1.54, 1.807) is 4.68 Å². The molecule has 90 valence electrons. The number of nitrogen functional groups attached to an aromatic ring is 1. The van der Waals surface area contributed by atoms with E-state index in [1.807, 2.05) is 7.05 Å². The topological polar surface area (TPSA) is 53.1 Å². The number of ether oxygens (including phenoxy) is 1. The molecule has 1 aromatic rings. The second kappa shape index (κ2) is 4.76. The maximum atomic E-state index is 6.02. The van der Waals surface area contributed by atoms with Gasteiger partial charge in [0.15, 0.2) is 0 Å². The fourth-order valence-electron chi connectivity index (χ4n) is 2.32. The van der Waals surface area contributed by atoms with Gasteiger partial charge in [0, 0.05) is 7.05 Å². The van der Waals surface area contributed by atoms with Crippen LogP contribution in [0.15, 0.2) is 0 Å². The monoisotopic (exact) mass is 223 g/mol. The van der Waals surface area contributed by atoms with Crippen molar-refractivity contribution in [2.75, 3.05) is 5.73 Å². The number of rotatable bonds is 3. The number of hydrogen-bond acceptors (Lipinski definition) is 3. The maximum Gasteiger partial charge on any atom is 0.236 e. The van der Waals surface area contributed by atoms with Crippen molar-refractivity contribution < 1.29 is 4.74 Å². The Morgan fingerprint density at radius 1 is 1.38 bits per heavy atom. The lowest BCUT2D eigenvalue weighted by Gasteiger charge is -2.22. The van der Waals surface area contributed by atoms with Crippen LogP contribution in [0.4, 0.5) is 5.69 Å². The predicted molar refractivity (Wildman–Crippen MR) is 64.5 cm³/mol. The van der Waals surface area contributed by atoms with Crippen molar-refractivity contribution in [1.82, 2.24) is 9.78 Å². The summed E-state index contributed by atoms with van der Waals surface area (Å²) in [4.78, 5) is 0. The average molecular weight is 223 g/mol. The minimum Gasteiger partial charge on any atom is -0.473 e. The first-order valence-corrected chi connectivity index (χ1v) is 6.20. The molecule has 1 aliphatic carbocycles. The van der Waals surface area contributed by atoms with E-state index in [1.165, 1.54) is 19.3 Å². The summed E-state index contributed by atoms with van der Waals surface area (Å²) in [6.45, 7) is 2.06. The Morgan fingerprint density at radius 2 is 2.06 bits per heavy atom. The van der Waals surface area contributed by atoms with E-state index in [-0.39, 0.29) is 0 Å². The zero-order chi connectivity index (χ0) is 11.5. The van der Waals surface area contributed by atoms with Crippen molar-refractivity contribution >= 4 is 5.69 Å². The van der Waals surface area contributed by atoms with E-state index in [0.717, 1.165) is 36.5 Å². The van der Waals surface area contributed by atoms with Crippen LogP contribution in [0.5, 0.6) is 5.88 Å². The second-order valence-corrected chi connectivity index (χ2v) is 4.52. The Kier molecular flexibility index (Phi) is 3.36. The van der Waals surface area contributed by atoms with Crippen LogP contribution >= 0.6 is 0 Å². The average Bonchev–Trinajstić information content (AvgIpc) is 2.58. The number of aryl methyl sites for hydroxylation is 2. The Balaban J connectivity index is 2.10. The van der Waals surface area contributed by atoms with Gasteiger partial charge < -0.3 is 10.5 Å². The molecule has 4 heteroatoms. The fourth-order valence-corrected chi connectivity index (χ4v) is 2.32. The van der Waals surface area contributed by atoms with Gasteiger partial charge in [-0.3, -0.25) is 0 Å². The molecule has 1 fully saturated rings. The summed E-state index contributed by atoms with van der Waals surface area (Å²) in [5, 5.41) is 4.36. The molecule has 0 aromatic carbocycles. The Morgan fingerprint density at radius 3 is 2.62 bits per heavy atom. The van der Waals surface area contributed by atoms with E-state index < -0.39 is 0 Å². The number of nitrogens with two attached hydrogens (primary N) is 1. The molecule has 1 heterocycles. The van der Waals surface area contributed by atoms with E-state index >= 15 is 0 Å². The standard InChI is InChI=1S/C12H21N3O/c1-3-10-11(13)12(15(2)14-10)16-9-7-5-4-6-8-9/h9H,3-8,13H2,1-2H3.